The molecule has 2 rings (SSSR count). The van der Waals surface area contributed by atoms with E-state index < -0.39 is 0 Å². The van der Waals surface area contributed by atoms with Crippen LogP contribution in [-0.4, -0.2) is 11.5 Å². The van der Waals surface area contributed by atoms with Gasteiger partial charge in [-0.15, -0.1) is 0 Å². The lowest BCUT2D eigenvalue weighted by atomic mass is 10.1. The molecule has 0 spiro atoms. The molecule has 0 radical (unpaired) electrons. The van der Waals surface area contributed by atoms with Crippen LogP contribution in [0, 0.1) is 6.92 Å². The quantitative estimate of drug-likeness (QED) is 0.821. The van der Waals surface area contributed by atoms with E-state index in [1.807, 2.05) is 18.2 Å². The van der Waals surface area contributed by atoms with Crippen LogP contribution in [0.1, 0.15) is 18.9 Å². The molecule has 1 N–H and O–H groups in total. The fourth-order valence-corrected chi connectivity index (χ4v) is 1.64. The first-order chi connectivity index (χ1) is 7.31. The molecule has 0 amide bonds. The molecular formula is C13H16N2. The van der Waals surface area contributed by atoms with Crippen LogP contribution < -0.4 is 5.32 Å². The maximum absolute atomic E-state index is 4.60. The van der Waals surface area contributed by atoms with Crippen molar-refractivity contribution in [3.8, 4) is 0 Å². The zero-order valence-electron chi connectivity index (χ0n) is 9.25. The van der Waals surface area contributed by atoms with Gasteiger partial charge in [0.1, 0.15) is 5.82 Å². The summed E-state index contributed by atoms with van der Waals surface area (Å²) < 4.78 is 0. The number of pyridine rings is 1. The number of para-hydroxylation sites is 1. The first-order valence-corrected chi connectivity index (χ1v) is 5.41. The summed E-state index contributed by atoms with van der Waals surface area (Å²) >= 11 is 0. The van der Waals surface area contributed by atoms with Crippen molar-refractivity contribution in [2.75, 3.05) is 11.9 Å². The second-order valence-corrected chi connectivity index (χ2v) is 3.77. The van der Waals surface area contributed by atoms with Crippen molar-refractivity contribution in [3.05, 3.63) is 35.9 Å². The fourth-order valence-electron chi connectivity index (χ4n) is 1.64. The Morgan fingerprint density at radius 2 is 2.07 bits per heavy atom. The fraction of sp³-hybridized carbons (Fsp3) is 0.308. The van der Waals surface area contributed by atoms with Crippen LogP contribution in [0.2, 0.25) is 0 Å². The summed E-state index contributed by atoms with van der Waals surface area (Å²) in [5.74, 6) is 1.01. The van der Waals surface area contributed by atoms with Gasteiger partial charge in [0.15, 0.2) is 0 Å². The number of benzene rings is 1. The lowest BCUT2D eigenvalue weighted by Crippen LogP contribution is -2.03. The summed E-state index contributed by atoms with van der Waals surface area (Å²) in [4.78, 5) is 4.60. The molecule has 1 aromatic heterocycles. The summed E-state index contributed by atoms with van der Waals surface area (Å²) in [6.07, 6.45) is 1.12. The minimum atomic E-state index is 0.978. The summed E-state index contributed by atoms with van der Waals surface area (Å²) in [7, 11) is 0. The lowest BCUT2D eigenvalue weighted by Gasteiger charge is -2.08. The smallest absolute Gasteiger partial charge is 0.129 e. The highest BCUT2D eigenvalue weighted by molar-refractivity contribution is 5.81. The monoisotopic (exact) mass is 200 g/mol. The molecule has 2 aromatic rings. The Morgan fingerprint density at radius 3 is 2.87 bits per heavy atom. The van der Waals surface area contributed by atoms with Crippen LogP contribution in [0.4, 0.5) is 5.82 Å². The largest absolute Gasteiger partial charge is 0.370 e. The van der Waals surface area contributed by atoms with E-state index in [9.17, 15) is 0 Å². The van der Waals surface area contributed by atoms with Gasteiger partial charge in [0.25, 0.3) is 0 Å². The highest BCUT2D eigenvalue weighted by Gasteiger charge is 2.01. The van der Waals surface area contributed by atoms with Gasteiger partial charge in [0.2, 0.25) is 0 Å². The van der Waals surface area contributed by atoms with Crippen molar-refractivity contribution in [3.63, 3.8) is 0 Å². The molecule has 0 bridgehead atoms. The van der Waals surface area contributed by atoms with Crippen molar-refractivity contribution in [2.45, 2.75) is 20.3 Å². The molecule has 1 heterocycles. The van der Waals surface area contributed by atoms with Crippen LogP contribution >= 0.6 is 0 Å². The second kappa shape index (κ2) is 4.30. The Labute approximate surface area is 90.3 Å². The van der Waals surface area contributed by atoms with Gasteiger partial charge < -0.3 is 5.32 Å². The maximum atomic E-state index is 4.60. The van der Waals surface area contributed by atoms with Crippen LogP contribution in [0.25, 0.3) is 10.9 Å². The number of fused-ring (bicyclic) bond motifs is 1. The third-order valence-electron chi connectivity index (χ3n) is 2.46. The van der Waals surface area contributed by atoms with Crippen molar-refractivity contribution in [1.29, 1.82) is 0 Å². The SMILES string of the molecule is CCCNc1nc2ccccc2cc1C. The van der Waals surface area contributed by atoms with E-state index in [0.717, 1.165) is 24.3 Å². The number of hydrogen-bond donors (Lipinski definition) is 1. The predicted octanol–water partition coefficient (Wildman–Crippen LogP) is 3.37. The molecule has 2 nitrogen and oxygen atoms in total. The minimum Gasteiger partial charge on any atom is -0.370 e. The zero-order chi connectivity index (χ0) is 10.7. The highest BCUT2D eigenvalue weighted by atomic mass is 15.0. The first kappa shape index (κ1) is 9.97. The Kier molecular flexibility index (Phi) is 2.86. The van der Waals surface area contributed by atoms with E-state index >= 15 is 0 Å². The molecule has 78 valence electrons. The minimum absolute atomic E-state index is 0.978. The molecule has 1 aromatic carbocycles. The normalized spacial score (nSPS) is 10.5. The summed E-state index contributed by atoms with van der Waals surface area (Å²) in [6.45, 7) is 5.23. The van der Waals surface area contributed by atoms with Crippen molar-refractivity contribution >= 4 is 16.7 Å². The average molecular weight is 200 g/mol. The molecule has 0 aliphatic heterocycles. The van der Waals surface area contributed by atoms with Crippen molar-refractivity contribution in [2.24, 2.45) is 0 Å². The molecule has 0 aliphatic carbocycles. The number of nitrogens with one attached hydrogen (secondary N) is 1. The van der Waals surface area contributed by atoms with Gasteiger partial charge in [0, 0.05) is 11.9 Å². The van der Waals surface area contributed by atoms with Gasteiger partial charge in [-0.3, -0.25) is 0 Å². The second-order valence-electron chi connectivity index (χ2n) is 3.77. The first-order valence-electron chi connectivity index (χ1n) is 5.41. The van der Waals surface area contributed by atoms with E-state index in [-0.39, 0.29) is 0 Å². The molecule has 15 heavy (non-hydrogen) atoms. The molecule has 0 fully saturated rings. The number of hydrogen-bond acceptors (Lipinski definition) is 2. The predicted molar refractivity (Wildman–Crippen MR) is 65.3 cm³/mol. The standard InChI is InChI=1S/C13H16N2/c1-3-8-14-13-10(2)9-11-6-4-5-7-12(11)15-13/h4-7,9H,3,8H2,1-2H3,(H,14,15). The summed E-state index contributed by atoms with van der Waals surface area (Å²) in [5, 5.41) is 4.55. The molecule has 0 saturated heterocycles. The Morgan fingerprint density at radius 1 is 1.27 bits per heavy atom. The van der Waals surface area contributed by atoms with Gasteiger partial charge in [0.05, 0.1) is 5.52 Å². The molecule has 2 heteroatoms. The van der Waals surface area contributed by atoms with E-state index in [1.54, 1.807) is 0 Å². The highest BCUT2D eigenvalue weighted by Crippen LogP contribution is 2.19. The number of rotatable bonds is 3. The van der Waals surface area contributed by atoms with Crippen LogP contribution in [0.15, 0.2) is 30.3 Å². The summed E-state index contributed by atoms with van der Waals surface area (Å²) in [6, 6.07) is 10.4. The van der Waals surface area contributed by atoms with E-state index in [1.165, 1.54) is 10.9 Å². The van der Waals surface area contributed by atoms with E-state index in [0.29, 0.717) is 0 Å². The van der Waals surface area contributed by atoms with Gasteiger partial charge in [-0.05, 0) is 31.0 Å². The molecular weight excluding hydrogens is 184 g/mol. The van der Waals surface area contributed by atoms with E-state index in [4.69, 9.17) is 0 Å². The Hall–Kier alpha value is -1.57. The van der Waals surface area contributed by atoms with Gasteiger partial charge in [-0.2, -0.15) is 0 Å². The van der Waals surface area contributed by atoms with Crippen LogP contribution in [-0.2, 0) is 0 Å². The number of nitrogens with zero attached hydrogens (tertiary/aromatic N) is 1. The number of anilines is 1. The van der Waals surface area contributed by atoms with E-state index in [2.05, 4.69) is 36.3 Å². The topological polar surface area (TPSA) is 24.9 Å². The van der Waals surface area contributed by atoms with Crippen LogP contribution in [0.3, 0.4) is 0 Å². The molecule has 0 aliphatic rings. The molecule has 0 saturated carbocycles. The zero-order valence-corrected chi connectivity index (χ0v) is 9.25. The molecule has 0 atom stereocenters. The van der Waals surface area contributed by atoms with Gasteiger partial charge in [-0.1, -0.05) is 25.1 Å². The third-order valence-corrected chi connectivity index (χ3v) is 2.46. The van der Waals surface area contributed by atoms with Crippen LogP contribution in [0.5, 0.6) is 0 Å². The van der Waals surface area contributed by atoms with Crippen molar-refractivity contribution in [1.82, 2.24) is 4.98 Å². The van der Waals surface area contributed by atoms with Gasteiger partial charge >= 0.3 is 0 Å². The average Bonchev–Trinajstić information content (AvgIpc) is 2.26. The Bertz CT molecular complexity index is 463. The van der Waals surface area contributed by atoms with Crippen molar-refractivity contribution < 1.29 is 0 Å². The Balaban J connectivity index is 2.43. The number of aromatic nitrogens is 1. The summed E-state index contributed by atoms with van der Waals surface area (Å²) in [5.41, 5.74) is 2.27. The van der Waals surface area contributed by atoms with Gasteiger partial charge in [-0.25, -0.2) is 4.98 Å². The maximum Gasteiger partial charge on any atom is 0.129 e. The third kappa shape index (κ3) is 2.09. The lowest BCUT2D eigenvalue weighted by molar-refractivity contribution is 0.968. The number of aryl methyl sites for hydroxylation is 1. The molecule has 0 unspecified atom stereocenters.